The first-order valence-corrected chi connectivity index (χ1v) is 10.8. The van der Waals surface area contributed by atoms with Gasteiger partial charge in [-0.25, -0.2) is 16.8 Å². The van der Waals surface area contributed by atoms with Gasteiger partial charge in [0.25, 0.3) is 10.0 Å². The molecule has 0 aromatic carbocycles. The second kappa shape index (κ2) is 5.80. The highest BCUT2D eigenvalue weighted by atomic mass is 32.2. The Labute approximate surface area is 133 Å². The molecule has 1 unspecified atom stereocenters. The number of thiophene rings is 1. The van der Waals surface area contributed by atoms with Crippen LogP contribution in [0.25, 0.3) is 0 Å². The number of sulfone groups is 1. The quantitative estimate of drug-likeness (QED) is 0.809. The number of hydrogen-bond donors (Lipinski definition) is 0. The van der Waals surface area contributed by atoms with Gasteiger partial charge in [0.2, 0.25) is 0 Å². The molecule has 6 nitrogen and oxygen atoms in total. The molecule has 0 radical (unpaired) electrons. The van der Waals surface area contributed by atoms with Crippen LogP contribution in [0.3, 0.4) is 0 Å². The van der Waals surface area contributed by atoms with Crippen LogP contribution in [0.4, 0.5) is 0 Å². The van der Waals surface area contributed by atoms with E-state index in [1.54, 1.807) is 23.6 Å². The van der Waals surface area contributed by atoms with Crippen LogP contribution in [-0.4, -0.2) is 38.7 Å². The molecule has 1 atom stereocenters. The molecular formula is C13H15NO5S3. The molecule has 0 aliphatic carbocycles. The van der Waals surface area contributed by atoms with Crippen LogP contribution in [0.5, 0.6) is 0 Å². The molecule has 2 aromatic heterocycles. The van der Waals surface area contributed by atoms with Crippen molar-refractivity contribution in [2.75, 3.05) is 11.5 Å². The first-order chi connectivity index (χ1) is 10.4. The smallest absolute Gasteiger partial charge is 0.253 e. The number of furan rings is 1. The van der Waals surface area contributed by atoms with Crippen LogP contribution in [0.2, 0.25) is 0 Å². The summed E-state index contributed by atoms with van der Waals surface area (Å²) in [6.07, 6.45) is 1.78. The second-order valence-electron chi connectivity index (χ2n) is 5.12. The Morgan fingerprint density at radius 3 is 2.68 bits per heavy atom. The van der Waals surface area contributed by atoms with Gasteiger partial charge in [-0.3, -0.25) is 0 Å². The van der Waals surface area contributed by atoms with Gasteiger partial charge in [-0.1, -0.05) is 6.07 Å². The molecule has 9 heteroatoms. The summed E-state index contributed by atoms with van der Waals surface area (Å²) in [6.45, 7) is 0.0351. The molecule has 3 rings (SSSR count). The van der Waals surface area contributed by atoms with E-state index < -0.39 is 25.9 Å². The third-order valence-corrected chi connectivity index (χ3v) is 8.59. The van der Waals surface area contributed by atoms with Gasteiger partial charge in [-0.05, 0) is 30.0 Å². The summed E-state index contributed by atoms with van der Waals surface area (Å²) >= 11 is 1.12. The Kier molecular flexibility index (Phi) is 4.15. The zero-order valence-electron chi connectivity index (χ0n) is 11.6. The van der Waals surface area contributed by atoms with Gasteiger partial charge in [0.1, 0.15) is 9.97 Å². The molecule has 1 saturated heterocycles. The van der Waals surface area contributed by atoms with Crippen molar-refractivity contribution in [1.82, 2.24) is 4.31 Å². The second-order valence-corrected chi connectivity index (χ2v) is 10.4. The number of rotatable bonds is 5. The maximum atomic E-state index is 12.8. The lowest BCUT2D eigenvalue weighted by molar-refractivity contribution is 0.307. The Balaban J connectivity index is 1.96. The average molecular weight is 361 g/mol. The largest absolute Gasteiger partial charge is 0.468 e. The lowest BCUT2D eigenvalue weighted by Crippen LogP contribution is -2.40. The Morgan fingerprint density at radius 2 is 2.14 bits per heavy atom. The Bertz CT molecular complexity index is 822. The van der Waals surface area contributed by atoms with Gasteiger partial charge >= 0.3 is 0 Å². The van der Waals surface area contributed by atoms with Crippen molar-refractivity contribution in [2.45, 2.75) is 23.2 Å². The van der Waals surface area contributed by atoms with E-state index in [1.807, 2.05) is 0 Å². The summed E-state index contributed by atoms with van der Waals surface area (Å²) in [7, 11) is -6.92. The molecule has 1 aliphatic heterocycles. The normalized spacial score (nSPS) is 21.4. The van der Waals surface area contributed by atoms with Crippen LogP contribution >= 0.6 is 11.3 Å². The van der Waals surface area contributed by atoms with Crippen LogP contribution in [0, 0.1) is 0 Å². The molecule has 0 N–H and O–H groups in total. The Hall–Kier alpha value is -1.16. The molecule has 3 heterocycles. The van der Waals surface area contributed by atoms with E-state index in [0.717, 1.165) is 11.3 Å². The van der Waals surface area contributed by atoms with Crippen molar-refractivity contribution in [3.8, 4) is 0 Å². The fraction of sp³-hybridized carbons (Fsp3) is 0.385. The highest BCUT2D eigenvalue weighted by Crippen LogP contribution is 2.29. The topological polar surface area (TPSA) is 84.7 Å². The molecule has 2 aromatic rings. The standard InChI is InChI=1S/C13H15NO5S3/c15-21(16)8-5-11(10-21)14(9-12-3-1-6-19-12)22(17,18)13-4-2-7-20-13/h1-4,6-7,11H,5,8-10H2. The molecular weight excluding hydrogens is 346 g/mol. The van der Waals surface area contributed by atoms with Gasteiger partial charge in [0.05, 0.1) is 24.3 Å². The predicted molar refractivity (Wildman–Crippen MR) is 82.8 cm³/mol. The molecule has 0 spiro atoms. The van der Waals surface area contributed by atoms with Crippen molar-refractivity contribution in [3.05, 3.63) is 41.7 Å². The summed E-state index contributed by atoms with van der Waals surface area (Å²) in [5, 5.41) is 1.68. The van der Waals surface area contributed by atoms with Crippen molar-refractivity contribution < 1.29 is 21.3 Å². The summed E-state index contributed by atoms with van der Waals surface area (Å²) in [4.78, 5) is 0. The predicted octanol–water partition coefficient (Wildman–Crippen LogP) is 1.72. The third kappa shape index (κ3) is 3.12. The highest BCUT2D eigenvalue weighted by Gasteiger charge is 2.39. The van der Waals surface area contributed by atoms with Crippen LogP contribution in [0.15, 0.2) is 44.5 Å². The first kappa shape index (κ1) is 15.7. The van der Waals surface area contributed by atoms with Crippen LogP contribution in [0.1, 0.15) is 12.2 Å². The third-order valence-electron chi connectivity index (χ3n) is 3.57. The maximum Gasteiger partial charge on any atom is 0.253 e. The van der Waals surface area contributed by atoms with Crippen molar-refractivity contribution >= 4 is 31.2 Å². The lowest BCUT2D eigenvalue weighted by atomic mass is 10.2. The van der Waals surface area contributed by atoms with Gasteiger partial charge in [-0.2, -0.15) is 4.31 Å². The number of nitrogens with zero attached hydrogens (tertiary/aromatic N) is 1. The molecule has 0 saturated carbocycles. The van der Waals surface area contributed by atoms with Crippen molar-refractivity contribution in [3.63, 3.8) is 0 Å². The van der Waals surface area contributed by atoms with Gasteiger partial charge in [0.15, 0.2) is 9.84 Å². The minimum atomic E-state index is -3.74. The molecule has 1 aliphatic rings. The van der Waals surface area contributed by atoms with E-state index in [9.17, 15) is 16.8 Å². The molecule has 1 fully saturated rings. The van der Waals surface area contributed by atoms with Crippen LogP contribution in [-0.2, 0) is 26.4 Å². The summed E-state index contributed by atoms with van der Waals surface area (Å²) in [6, 6.07) is 5.99. The van der Waals surface area contributed by atoms with E-state index in [-0.39, 0.29) is 22.3 Å². The van der Waals surface area contributed by atoms with Gasteiger partial charge in [-0.15, -0.1) is 11.3 Å². The SMILES string of the molecule is O=S1(=O)CCC(N(Cc2ccco2)S(=O)(=O)c2cccs2)C1. The molecule has 0 amide bonds. The van der Waals surface area contributed by atoms with Crippen molar-refractivity contribution in [2.24, 2.45) is 0 Å². The zero-order chi connectivity index (χ0) is 15.8. The van der Waals surface area contributed by atoms with E-state index in [0.29, 0.717) is 12.2 Å². The average Bonchev–Trinajstić information content (AvgIpc) is 3.17. The minimum Gasteiger partial charge on any atom is -0.468 e. The van der Waals surface area contributed by atoms with E-state index in [1.165, 1.54) is 16.6 Å². The van der Waals surface area contributed by atoms with E-state index in [4.69, 9.17) is 4.42 Å². The highest BCUT2D eigenvalue weighted by molar-refractivity contribution is 7.92. The Morgan fingerprint density at radius 1 is 1.32 bits per heavy atom. The van der Waals surface area contributed by atoms with Gasteiger partial charge in [0, 0.05) is 6.04 Å². The monoisotopic (exact) mass is 361 g/mol. The van der Waals surface area contributed by atoms with E-state index >= 15 is 0 Å². The maximum absolute atomic E-state index is 12.8. The van der Waals surface area contributed by atoms with Gasteiger partial charge < -0.3 is 4.42 Å². The summed E-state index contributed by atoms with van der Waals surface area (Å²) in [5.41, 5.74) is 0. The fourth-order valence-corrected chi connectivity index (χ4v) is 7.06. The first-order valence-electron chi connectivity index (χ1n) is 6.67. The van der Waals surface area contributed by atoms with Crippen LogP contribution < -0.4 is 0 Å². The lowest BCUT2D eigenvalue weighted by Gasteiger charge is -2.25. The molecule has 22 heavy (non-hydrogen) atoms. The summed E-state index contributed by atoms with van der Waals surface area (Å²) < 4.78 is 55.8. The van der Waals surface area contributed by atoms with Crippen molar-refractivity contribution in [1.29, 1.82) is 0 Å². The zero-order valence-corrected chi connectivity index (χ0v) is 14.0. The summed E-state index contributed by atoms with van der Waals surface area (Å²) in [5.74, 6) is 0.370. The number of hydrogen-bond acceptors (Lipinski definition) is 6. The fourth-order valence-electron chi connectivity index (χ4n) is 2.49. The minimum absolute atomic E-state index is 0.0201. The number of sulfonamides is 1. The molecule has 120 valence electrons. The molecule has 0 bridgehead atoms. The van der Waals surface area contributed by atoms with E-state index in [2.05, 4.69) is 0 Å².